The van der Waals surface area contributed by atoms with Gasteiger partial charge >= 0.3 is 0 Å². The summed E-state index contributed by atoms with van der Waals surface area (Å²) in [6.45, 7) is 8.37. The highest BCUT2D eigenvalue weighted by atomic mass is 127. The zero-order chi connectivity index (χ0) is 18.8. The van der Waals surface area contributed by atoms with Crippen molar-refractivity contribution >= 4 is 29.9 Å². The fraction of sp³-hybridized carbons (Fsp3) is 0.381. The summed E-state index contributed by atoms with van der Waals surface area (Å²) >= 11 is 0. The van der Waals surface area contributed by atoms with Gasteiger partial charge in [-0.05, 0) is 38.0 Å². The second kappa shape index (κ2) is 12.7. The Kier molecular flexibility index (Phi) is 11.0. The molecule has 2 N–H and O–H groups in total. The number of hydrogen-bond acceptors (Lipinski definition) is 2. The van der Waals surface area contributed by atoms with Gasteiger partial charge in [0.1, 0.15) is 5.82 Å². The molecule has 0 atom stereocenters. The van der Waals surface area contributed by atoms with Crippen LogP contribution in [0.5, 0.6) is 0 Å². The molecule has 0 fully saturated rings. The minimum atomic E-state index is -0.213. The van der Waals surface area contributed by atoms with Crippen LogP contribution < -0.4 is 10.6 Å². The summed E-state index contributed by atoms with van der Waals surface area (Å²) in [4.78, 5) is 4.57. The molecule has 0 aliphatic rings. The molecule has 4 nitrogen and oxygen atoms in total. The number of aliphatic imine (C=N–C) groups is 1. The Balaban J connectivity index is 0.00000364. The Morgan fingerprint density at radius 2 is 1.70 bits per heavy atom. The zero-order valence-electron chi connectivity index (χ0n) is 16.2. The predicted molar refractivity (Wildman–Crippen MR) is 120 cm³/mol. The van der Waals surface area contributed by atoms with Gasteiger partial charge < -0.3 is 15.4 Å². The second-order valence-electron chi connectivity index (χ2n) is 6.32. The number of ether oxygens (including phenoxy) is 1. The third-order valence-electron chi connectivity index (χ3n) is 3.77. The van der Waals surface area contributed by atoms with Crippen LogP contribution in [0.3, 0.4) is 0 Å². The van der Waals surface area contributed by atoms with Crippen molar-refractivity contribution in [1.29, 1.82) is 0 Å². The second-order valence-corrected chi connectivity index (χ2v) is 6.32. The first-order valence-corrected chi connectivity index (χ1v) is 9.03. The van der Waals surface area contributed by atoms with Crippen LogP contribution in [-0.2, 0) is 24.4 Å². The normalized spacial score (nSPS) is 11.2. The largest absolute Gasteiger partial charge is 0.374 e. The Hall–Kier alpha value is -1.67. The molecule has 0 saturated carbocycles. The van der Waals surface area contributed by atoms with Crippen LogP contribution in [-0.4, -0.2) is 18.6 Å². The lowest BCUT2D eigenvalue weighted by Crippen LogP contribution is -2.37. The summed E-state index contributed by atoms with van der Waals surface area (Å²) in [5.41, 5.74) is 2.88. The summed E-state index contributed by atoms with van der Waals surface area (Å²) < 4.78 is 19.3. The van der Waals surface area contributed by atoms with Crippen molar-refractivity contribution in [2.24, 2.45) is 4.99 Å². The molecule has 148 valence electrons. The number of hydrogen-bond donors (Lipinski definition) is 2. The smallest absolute Gasteiger partial charge is 0.191 e. The van der Waals surface area contributed by atoms with Gasteiger partial charge in [-0.3, -0.25) is 0 Å². The van der Waals surface area contributed by atoms with Gasteiger partial charge in [0.25, 0.3) is 0 Å². The molecule has 0 heterocycles. The first-order valence-electron chi connectivity index (χ1n) is 9.03. The van der Waals surface area contributed by atoms with Gasteiger partial charge in [0, 0.05) is 18.7 Å². The average Bonchev–Trinajstić information content (AvgIpc) is 2.64. The van der Waals surface area contributed by atoms with Crippen LogP contribution in [0.1, 0.15) is 37.5 Å². The van der Waals surface area contributed by atoms with E-state index in [1.165, 1.54) is 6.07 Å². The van der Waals surface area contributed by atoms with Gasteiger partial charge in [-0.1, -0.05) is 42.5 Å². The fourth-order valence-corrected chi connectivity index (χ4v) is 2.34. The quantitative estimate of drug-likeness (QED) is 0.326. The van der Waals surface area contributed by atoms with Crippen LogP contribution in [0, 0.1) is 5.82 Å². The molecule has 2 rings (SSSR count). The van der Waals surface area contributed by atoms with Crippen molar-refractivity contribution < 1.29 is 9.13 Å². The topological polar surface area (TPSA) is 45.7 Å². The van der Waals surface area contributed by atoms with Crippen molar-refractivity contribution in [3.8, 4) is 0 Å². The van der Waals surface area contributed by atoms with Crippen molar-refractivity contribution in [3.63, 3.8) is 0 Å². The van der Waals surface area contributed by atoms with E-state index in [1.54, 1.807) is 12.1 Å². The summed E-state index contributed by atoms with van der Waals surface area (Å²) in [6.07, 6.45) is 0.225. The van der Waals surface area contributed by atoms with Crippen LogP contribution in [0.4, 0.5) is 4.39 Å². The minimum absolute atomic E-state index is 0. The van der Waals surface area contributed by atoms with E-state index in [-0.39, 0.29) is 35.9 Å². The molecule has 27 heavy (non-hydrogen) atoms. The van der Waals surface area contributed by atoms with Gasteiger partial charge in [-0.25, -0.2) is 9.38 Å². The van der Waals surface area contributed by atoms with Crippen LogP contribution >= 0.6 is 24.0 Å². The maximum Gasteiger partial charge on any atom is 0.191 e. The summed E-state index contributed by atoms with van der Waals surface area (Å²) in [5.74, 6) is 0.457. The van der Waals surface area contributed by atoms with E-state index in [0.29, 0.717) is 31.2 Å². The summed E-state index contributed by atoms with van der Waals surface area (Å²) in [5, 5.41) is 6.35. The maximum absolute atomic E-state index is 13.7. The molecule has 6 heteroatoms. The van der Waals surface area contributed by atoms with E-state index < -0.39 is 0 Å². The predicted octanol–water partition coefficient (Wildman–Crippen LogP) is 4.62. The number of benzene rings is 2. The first kappa shape index (κ1) is 23.4. The van der Waals surface area contributed by atoms with Crippen molar-refractivity contribution in [2.75, 3.05) is 6.54 Å². The van der Waals surface area contributed by atoms with Gasteiger partial charge in [-0.2, -0.15) is 0 Å². The third-order valence-corrected chi connectivity index (χ3v) is 3.77. The Morgan fingerprint density at radius 3 is 2.33 bits per heavy atom. The van der Waals surface area contributed by atoms with E-state index >= 15 is 0 Å². The van der Waals surface area contributed by atoms with E-state index in [1.807, 2.05) is 26.8 Å². The standard InChI is InChI=1S/C21H28FN3O.HI/c1-4-23-21(25-14-19-7-5-6-8-20(19)22)24-13-17-9-11-18(12-10-17)15-26-16(2)3;/h5-12,16H,4,13-15H2,1-3H3,(H2,23,24,25);1H. The lowest BCUT2D eigenvalue weighted by molar-refractivity contribution is 0.0657. The average molecular weight is 485 g/mol. The highest BCUT2D eigenvalue weighted by Crippen LogP contribution is 2.08. The minimum Gasteiger partial charge on any atom is -0.374 e. The SMILES string of the molecule is CCNC(=NCc1ccc(COC(C)C)cc1)NCc1ccccc1F.I. The number of guanidine groups is 1. The van der Waals surface area contributed by atoms with Crippen LogP contribution in [0.2, 0.25) is 0 Å². The van der Waals surface area contributed by atoms with Gasteiger partial charge in [-0.15, -0.1) is 24.0 Å². The van der Waals surface area contributed by atoms with Gasteiger partial charge in [0.15, 0.2) is 5.96 Å². The van der Waals surface area contributed by atoms with Gasteiger partial charge in [0.2, 0.25) is 0 Å². The number of rotatable bonds is 8. The Morgan fingerprint density at radius 1 is 1.04 bits per heavy atom. The van der Waals surface area contributed by atoms with E-state index in [2.05, 4.69) is 39.9 Å². The van der Waals surface area contributed by atoms with E-state index in [9.17, 15) is 4.39 Å². The number of nitrogens with one attached hydrogen (secondary N) is 2. The molecule has 0 aliphatic carbocycles. The monoisotopic (exact) mass is 485 g/mol. The molecule has 0 unspecified atom stereocenters. The molecule has 0 spiro atoms. The lowest BCUT2D eigenvalue weighted by Gasteiger charge is -2.12. The highest BCUT2D eigenvalue weighted by Gasteiger charge is 2.03. The molecule has 0 bridgehead atoms. The molecule has 0 radical (unpaired) electrons. The summed E-state index contributed by atoms with van der Waals surface area (Å²) in [6, 6.07) is 15.0. The Labute approximate surface area is 178 Å². The van der Waals surface area contributed by atoms with E-state index in [4.69, 9.17) is 4.74 Å². The lowest BCUT2D eigenvalue weighted by atomic mass is 10.1. The summed E-state index contributed by atoms with van der Waals surface area (Å²) in [7, 11) is 0. The Bertz CT molecular complexity index is 705. The zero-order valence-corrected chi connectivity index (χ0v) is 18.5. The molecule has 0 aliphatic heterocycles. The fourth-order valence-electron chi connectivity index (χ4n) is 2.34. The molecule has 2 aromatic carbocycles. The van der Waals surface area contributed by atoms with E-state index in [0.717, 1.165) is 17.7 Å². The molecular weight excluding hydrogens is 456 g/mol. The van der Waals surface area contributed by atoms with Crippen molar-refractivity contribution in [1.82, 2.24) is 10.6 Å². The molecule has 0 aromatic heterocycles. The molecule has 0 saturated heterocycles. The van der Waals surface area contributed by atoms with Crippen molar-refractivity contribution in [3.05, 3.63) is 71.0 Å². The third kappa shape index (κ3) is 8.71. The van der Waals surface area contributed by atoms with Crippen LogP contribution in [0.25, 0.3) is 0 Å². The molecule has 2 aromatic rings. The van der Waals surface area contributed by atoms with Crippen molar-refractivity contribution in [2.45, 2.75) is 46.6 Å². The first-order chi connectivity index (χ1) is 12.6. The van der Waals surface area contributed by atoms with Crippen LogP contribution in [0.15, 0.2) is 53.5 Å². The maximum atomic E-state index is 13.7. The number of nitrogens with zero attached hydrogens (tertiary/aromatic N) is 1. The molecular formula is C21H29FIN3O. The number of halogens is 2. The van der Waals surface area contributed by atoms with Gasteiger partial charge in [0.05, 0.1) is 19.3 Å². The molecule has 0 amide bonds. The highest BCUT2D eigenvalue weighted by molar-refractivity contribution is 14.0.